The van der Waals surface area contributed by atoms with Crippen molar-refractivity contribution in [1.29, 1.82) is 5.26 Å². The molecule has 6 heteroatoms. The van der Waals surface area contributed by atoms with Gasteiger partial charge in [-0.05, 0) is 19.1 Å². The minimum absolute atomic E-state index is 0.177. The highest BCUT2D eigenvalue weighted by molar-refractivity contribution is 5.93. The van der Waals surface area contributed by atoms with Crippen molar-refractivity contribution in [3.05, 3.63) is 35.9 Å². The van der Waals surface area contributed by atoms with Crippen molar-refractivity contribution in [2.24, 2.45) is 0 Å². The van der Waals surface area contributed by atoms with E-state index in [1.165, 1.54) is 18.2 Å². The molecule has 0 aliphatic heterocycles. The standard InChI is InChI=1S/C11H10FN3O2/c1-2-17-11(16)8(6-13)7-14-10-5-3-4-9(12)15-10/h3-5,7H,2H2,1H3,(H,14,15)/b8-7+. The number of hydrogen-bond donors (Lipinski definition) is 1. The number of ether oxygens (including phenoxy) is 1. The molecule has 0 atom stereocenters. The lowest BCUT2D eigenvalue weighted by Crippen LogP contribution is -2.08. The summed E-state index contributed by atoms with van der Waals surface area (Å²) in [7, 11) is 0. The maximum absolute atomic E-state index is 12.7. The highest BCUT2D eigenvalue weighted by Crippen LogP contribution is 2.05. The lowest BCUT2D eigenvalue weighted by atomic mass is 10.3. The van der Waals surface area contributed by atoms with Crippen molar-refractivity contribution in [2.75, 3.05) is 11.9 Å². The number of aromatic nitrogens is 1. The molecule has 1 rings (SSSR count). The Morgan fingerprint density at radius 1 is 1.71 bits per heavy atom. The molecular formula is C11H10FN3O2. The third-order valence-electron chi connectivity index (χ3n) is 1.70. The molecular weight excluding hydrogens is 225 g/mol. The molecule has 0 aliphatic carbocycles. The largest absolute Gasteiger partial charge is 0.462 e. The van der Waals surface area contributed by atoms with Crippen LogP contribution in [0.15, 0.2) is 30.0 Å². The van der Waals surface area contributed by atoms with E-state index >= 15 is 0 Å². The number of halogens is 1. The summed E-state index contributed by atoms with van der Waals surface area (Å²) in [4.78, 5) is 14.7. The molecule has 0 saturated heterocycles. The molecule has 0 aromatic carbocycles. The van der Waals surface area contributed by atoms with Gasteiger partial charge in [0.2, 0.25) is 5.95 Å². The zero-order valence-corrected chi connectivity index (χ0v) is 9.11. The zero-order valence-electron chi connectivity index (χ0n) is 9.11. The molecule has 0 saturated carbocycles. The van der Waals surface area contributed by atoms with Gasteiger partial charge in [-0.15, -0.1) is 0 Å². The number of nitriles is 1. The van der Waals surface area contributed by atoms with Gasteiger partial charge in [0.05, 0.1) is 6.61 Å². The van der Waals surface area contributed by atoms with Crippen LogP contribution in [-0.2, 0) is 9.53 Å². The van der Waals surface area contributed by atoms with Crippen molar-refractivity contribution in [3.8, 4) is 6.07 Å². The number of pyridine rings is 1. The van der Waals surface area contributed by atoms with Gasteiger partial charge in [0.25, 0.3) is 0 Å². The number of carbonyl (C=O) groups excluding carboxylic acids is 1. The van der Waals surface area contributed by atoms with Gasteiger partial charge in [-0.2, -0.15) is 9.65 Å². The average Bonchev–Trinajstić information content (AvgIpc) is 2.30. The van der Waals surface area contributed by atoms with Crippen LogP contribution in [0, 0.1) is 17.3 Å². The maximum Gasteiger partial charge on any atom is 0.350 e. The summed E-state index contributed by atoms with van der Waals surface area (Å²) in [5, 5.41) is 11.2. The summed E-state index contributed by atoms with van der Waals surface area (Å²) in [6, 6.07) is 5.81. The van der Waals surface area contributed by atoms with Crippen LogP contribution in [0.4, 0.5) is 10.2 Å². The Morgan fingerprint density at radius 2 is 2.47 bits per heavy atom. The number of nitrogens with one attached hydrogen (secondary N) is 1. The zero-order chi connectivity index (χ0) is 12.7. The van der Waals surface area contributed by atoms with E-state index < -0.39 is 11.9 Å². The van der Waals surface area contributed by atoms with Gasteiger partial charge in [-0.3, -0.25) is 0 Å². The number of rotatable bonds is 4. The monoisotopic (exact) mass is 235 g/mol. The molecule has 1 heterocycles. The Bertz CT molecular complexity index is 480. The van der Waals surface area contributed by atoms with Gasteiger partial charge in [0.15, 0.2) is 5.57 Å². The van der Waals surface area contributed by atoms with E-state index in [4.69, 9.17) is 5.26 Å². The Balaban J connectivity index is 2.75. The fourth-order valence-corrected chi connectivity index (χ4v) is 0.980. The summed E-state index contributed by atoms with van der Waals surface area (Å²) in [5.41, 5.74) is -0.210. The van der Waals surface area contributed by atoms with E-state index in [1.807, 2.05) is 0 Å². The predicted octanol–water partition coefficient (Wildman–Crippen LogP) is 1.60. The van der Waals surface area contributed by atoms with Gasteiger partial charge in [-0.25, -0.2) is 9.78 Å². The van der Waals surface area contributed by atoms with Crippen LogP contribution in [-0.4, -0.2) is 17.6 Å². The van der Waals surface area contributed by atoms with Gasteiger partial charge < -0.3 is 10.1 Å². The fraction of sp³-hybridized carbons (Fsp3) is 0.182. The lowest BCUT2D eigenvalue weighted by molar-refractivity contribution is -0.138. The van der Waals surface area contributed by atoms with Crippen LogP contribution in [0.3, 0.4) is 0 Å². The van der Waals surface area contributed by atoms with Crippen LogP contribution in [0.5, 0.6) is 0 Å². The lowest BCUT2D eigenvalue weighted by Gasteiger charge is -2.01. The van der Waals surface area contributed by atoms with Crippen LogP contribution in [0.1, 0.15) is 6.92 Å². The normalized spacial score (nSPS) is 10.5. The first kappa shape index (κ1) is 12.6. The second kappa shape index (κ2) is 6.23. The Hall–Kier alpha value is -2.42. The van der Waals surface area contributed by atoms with Crippen LogP contribution >= 0.6 is 0 Å². The highest BCUT2D eigenvalue weighted by Gasteiger charge is 2.09. The SMILES string of the molecule is CCOC(=O)/C(C#N)=C/Nc1cccc(F)n1. The first-order chi connectivity index (χ1) is 8.17. The van der Waals surface area contributed by atoms with Crippen molar-refractivity contribution in [1.82, 2.24) is 4.98 Å². The molecule has 5 nitrogen and oxygen atoms in total. The predicted molar refractivity (Wildman–Crippen MR) is 58.1 cm³/mol. The number of hydrogen-bond acceptors (Lipinski definition) is 5. The summed E-state index contributed by atoms with van der Waals surface area (Å²) >= 11 is 0. The van der Waals surface area contributed by atoms with Gasteiger partial charge in [0.1, 0.15) is 11.9 Å². The van der Waals surface area contributed by atoms with Crippen LogP contribution in [0.25, 0.3) is 0 Å². The number of carbonyl (C=O) groups is 1. The minimum atomic E-state index is -0.737. The molecule has 0 amide bonds. The molecule has 0 fully saturated rings. The van der Waals surface area contributed by atoms with Gasteiger partial charge in [0, 0.05) is 6.20 Å². The van der Waals surface area contributed by atoms with E-state index in [1.54, 1.807) is 13.0 Å². The van der Waals surface area contributed by atoms with E-state index in [2.05, 4.69) is 15.0 Å². The fourth-order valence-electron chi connectivity index (χ4n) is 0.980. The Labute approximate surface area is 97.5 Å². The van der Waals surface area contributed by atoms with Gasteiger partial charge >= 0.3 is 5.97 Å². The maximum atomic E-state index is 12.7. The summed E-state index contributed by atoms with van der Waals surface area (Å²) in [5.74, 6) is -1.20. The molecule has 1 aromatic rings. The average molecular weight is 235 g/mol. The first-order valence-corrected chi connectivity index (χ1v) is 4.84. The molecule has 0 aliphatic rings. The van der Waals surface area contributed by atoms with E-state index in [-0.39, 0.29) is 18.0 Å². The highest BCUT2D eigenvalue weighted by atomic mass is 19.1. The molecule has 1 aromatic heterocycles. The minimum Gasteiger partial charge on any atom is -0.462 e. The third-order valence-corrected chi connectivity index (χ3v) is 1.70. The van der Waals surface area contributed by atoms with Crippen molar-refractivity contribution < 1.29 is 13.9 Å². The van der Waals surface area contributed by atoms with E-state index in [0.29, 0.717) is 0 Å². The second-order valence-corrected chi connectivity index (χ2v) is 2.88. The number of esters is 1. The second-order valence-electron chi connectivity index (χ2n) is 2.88. The van der Waals surface area contributed by atoms with E-state index in [0.717, 1.165) is 6.20 Å². The van der Waals surface area contributed by atoms with Gasteiger partial charge in [-0.1, -0.05) is 6.07 Å². The Morgan fingerprint density at radius 3 is 3.06 bits per heavy atom. The molecule has 0 bridgehead atoms. The van der Waals surface area contributed by atoms with Crippen LogP contribution in [0.2, 0.25) is 0 Å². The summed E-state index contributed by atoms with van der Waals surface area (Å²) < 4.78 is 17.4. The van der Waals surface area contributed by atoms with Crippen molar-refractivity contribution >= 4 is 11.8 Å². The molecule has 0 spiro atoms. The smallest absolute Gasteiger partial charge is 0.350 e. The number of nitrogens with zero attached hydrogens (tertiary/aromatic N) is 2. The first-order valence-electron chi connectivity index (χ1n) is 4.84. The topological polar surface area (TPSA) is 75.0 Å². The quantitative estimate of drug-likeness (QED) is 0.371. The van der Waals surface area contributed by atoms with E-state index in [9.17, 15) is 9.18 Å². The molecule has 0 radical (unpaired) electrons. The molecule has 1 N–H and O–H groups in total. The Kier molecular flexibility index (Phi) is 4.63. The summed E-state index contributed by atoms with van der Waals surface area (Å²) in [6.07, 6.45) is 1.12. The summed E-state index contributed by atoms with van der Waals surface area (Å²) in [6.45, 7) is 1.81. The molecule has 88 valence electrons. The van der Waals surface area contributed by atoms with Crippen LogP contribution < -0.4 is 5.32 Å². The number of anilines is 1. The van der Waals surface area contributed by atoms with Crippen molar-refractivity contribution in [3.63, 3.8) is 0 Å². The molecule has 0 unspecified atom stereocenters. The van der Waals surface area contributed by atoms with Crippen molar-refractivity contribution in [2.45, 2.75) is 6.92 Å². The molecule has 17 heavy (non-hydrogen) atoms. The third kappa shape index (κ3) is 3.91.